The zero-order valence-electron chi connectivity index (χ0n) is 19.6. The van der Waals surface area contributed by atoms with Crippen LogP contribution < -0.4 is 0 Å². The highest BCUT2D eigenvalue weighted by Gasteiger charge is 2.32. The van der Waals surface area contributed by atoms with E-state index in [-0.39, 0.29) is 11.9 Å². The van der Waals surface area contributed by atoms with Crippen molar-refractivity contribution in [2.24, 2.45) is 0 Å². The Bertz CT molecular complexity index is 1320. The molecule has 0 bridgehead atoms. The van der Waals surface area contributed by atoms with Crippen LogP contribution in [0.2, 0.25) is 0 Å². The Balaban J connectivity index is 1.39. The zero-order chi connectivity index (χ0) is 22.9. The minimum Gasteiger partial charge on any atom is -0.334 e. The fraction of sp³-hybridized carbons (Fsp3) is 0.321. The highest BCUT2D eigenvalue weighted by Crippen LogP contribution is 2.32. The quantitative estimate of drug-likeness (QED) is 0.433. The lowest BCUT2D eigenvalue weighted by Gasteiger charge is -2.25. The number of likely N-dealkylation sites (tertiary alicyclic amines) is 1. The number of amides is 1. The number of pyridine rings is 2. The summed E-state index contributed by atoms with van der Waals surface area (Å²) < 4.78 is 2.03. The monoisotopic (exact) mass is 438 g/mol. The molecule has 168 valence electrons. The Morgan fingerprint density at radius 1 is 1.00 bits per heavy atom. The Morgan fingerprint density at radius 3 is 2.73 bits per heavy atom. The number of aryl methyl sites for hydroxylation is 3. The van der Waals surface area contributed by atoms with Crippen molar-refractivity contribution in [1.29, 1.82) is 0 Å². The number of carbonyl (C=O) groups is 1. The molecule has 1 atom stereocenters. The Labute approximate surface area is 195 Å². The van der Waals surface area contributed by atoms with Gasteiger partial charge in [0, 0.05) is 18.4 Å². The average Bonchev–Trinajstić information content (AvgIpc) is 3.38. The van der Waals surface area contributed by atoms with E-state index in [1.807, 2.05) is 47.5 Å². The molecule has 33 heavy (non-hydrogen) atoms. The maximum Gasteiger partial charge on any atom is 0.229 e. The van der Waals surface area contributed by atoms with Gasteiger partial charge in [-0.15, -0.1) is 0 Å². The van der Waals surface area contributed by atoms with Crippen LogP contribution in [-0.4, -0.2) is 31.7 Å². The van der Waals surface area contributed by atoms with Gasteiger partial charge >= 0.3 is 0 Å². The second-order valence-electron chi connectivity index (χ2n) is 9.20. The molecule has 5 nitrogen and oxygen atoms in total. The SMILES string of the molecule is Cc1cccc(Cc2cc(C)nc([C@H]3CCCN3C(=O)Cc3c(C)nc4ccccn34)c2)c1. The number of benzene rings is 1. The van der Waals surface area contributed by atoms with Crippen LogP contribution in [0.5, 0.6) is 0 Å². The average molecular weight is 439 g/mol. The van der Waals surface area contributed by atoms with Gasteiger partial charge in [-0.1, -0.05) is 35.9 Å². The molecule has 0 spiro atoms. The minimum absolute atomic E-state index is 0.0353. The van der Waals surface area contributed by atoms with Crippen LogP contribution in [0.1, 0.15) is 58.3 Å². The summed E-state index contributed by atoms with van der Waals surface area (Å²) in [6.07, 6.45) is 5.18. The maximum atomic E-state index is 13.4. The van der Waals surface area contributed by atoms with E-state index in [1.54, 1.807) is 0 Å². The summed E-state index contributed by atoms with van der Waals surface area (Å²) >= 11 is 0. The molecule has 0 radical (unpaired) electrons. The first-order valence-electron chi connectivity index (χ1n) is 11.7. The van der Waals surface area contributed by atoms with Gasteiger partial charge < -0.3 is 9.30 Å². The Morgan fingerprint density at radius 2 is 1.88 bits per heavy atom. The first kappa shape index (κ1) is 21.4. The number of fused-ring (bicyclic) bond motifs is 1. The molecule has 1 amide bonds. The largest absolute Gasteiger partial charge is 0.334 e. The molecule has 5 rings (SSSR count). The van der Waals surface area contributed by atoms with Crippen LogP contribution in [0.4, 0.5) is 0 Å². The predicted molar refractivity (Wildman–Crippen MR) is 130 cm³/mol. The van der Waals surface area contributed by atoms with Crippen molar-refractivity contribution in [3.63, 3.8) is 0 Å². The van der Waals surface area contributed by atoms with Crippen LogP contribution in [-0.2, 0) is 17.6 Å². The molecule has 0 saturated carbocycles. The molecule has 3 aromatic heterocycles. The first-order chi connectivity index (χ1) is 16.0. The second kappa shape index (κ2) is 8.81. The molecule has 1 aromatic carbocycles. The van der Waals surface area contributed by atoms with E-state index in [9.17, 15) is 4.79 Å². The smallest absolute Gasteiger partial charge is 0.229 e. The summed E-state index contributed by atoms with van der Waals surface area (Å²) in [5.74, 6) is 0.148. The third-order valence-corrected chi connectivity index (χ3v) is 6.59. The predicted octanol–water partition coefficient (Wildman–Crippen LogP) is 5.15. The van der Waals surface area contributed by atoms with Gasteiger partial charge in [0.25, 0.3) is 0 Å². The van der Waals surface area contributed by atoms with Crippen molar-refractivity contribution in [3.8, 4) is 0 Å². The van der Waals surface area contributed by atoms with E-state index in [2.05, 4.69) is 48.3 Å². The van der Waals surface area contributed by atoms with Crippen LogP contribution in [0, 0.1) is 20.8 Å². The number of nitrogens with zero attached hydrogens (tertiary/aromatic N) is 4. The van der Waals surface area contributed by atoms with Crippen molar-refractivity contribution in [1.82, 2.24) is 19.3 Å². The standard InChI is InChI=1S/C28H30N4O/c1-19-8-6-9-22(14-19)16-23-15-20(2)29-24(17-23)25-10-7-13-32(25)28(33)18-26-21(3)30-27-11-4-5-12-31(26)27/h4-6,8-9,11-12,14-15,17,25H,7,10,13,16,18H2,1-3H3/t25-/m1/s1. The third kappa shape index (κ3) is 4.40. The Kier molecular flexibility index (Phi) is 5.71. The number of hydrogen-bond acceptors (Lipinski definition) is 3. The molecule has 4 aromatic rings. The molecule has 0 N–H and O–H groups in total. The van der Waals surface area contributed by atoms with Crippen LogP contribution >= 0.6 is 0 Å². The van der Waals surface area contributed by atoms with Crippen molar-refractivity contribution >= 4 is 11.6 Å². The Hall–Kier alpha value is -3.47. The molecule has 4 heterocycles. The first-order valence-corrected chi connectivity index (χ1v) is 11.7. The van der Waals surface area contributed by atoms with E-state index in [0.717, 1.165) is 54.2 Å². The number of aromatic nitrogens is 3. The van der Waals surface area contributed by atoms with Crippen molar-refractivity contribution in [3.05, 3.63) is 100 Å². The van der Waals surface area contributed by atoms with Gasteiger partial charge in [-0.3, -0.25) is 9.78 Å². The molecular formula is C28H30N4O. The van der Waals surface area contributed by atoms with Crippen LogP contribution in [0.25, 0.3) is 5.65 Å². The van der Waals surface area contributed by atoms with E-state index < -0.39 is 0 Å². The summed E-state index contributed by atoms with van der Waals surface area (Å²) in [4.78, 5) is 25.0. The molecule has 5 heteroatoms. The summed E-state index contributed by atoms with van der Waals surface area (Å²) in [6, 6.07) is 19.0. The van der Waals surface area contributed by atoms with E-state index in [0.29, 0.717) is 6.42 Å². The lowest BCUT2D eigenvalue weighted by molar-refractivity contribution is -0.131. The van der Waals surface area contributed by atoms with Gasteiger partial charge in [-0.05, 0) is 75.4 Å². The second-order valence-corrected chi connectivity index (χ2v) is 9.20. The van der Waals surface area contributed by atoms with Crippen molar-refractivity contribution in [2.45, 2.75) is 52.5 Å². The number of imidazole rings is 1. The van der Waals surface area contributed by atoms with E-state index in [1.165, 1.54) is 16.7 Å². The van der Waals surface area contributed by atoms with Gasteiger partial charge in [0.1, 0.15) is 5.65 Å². The van der Waals surface area contributed by atoms with Crippen LogP contribution in [0.3, 0.4) is 0 Å². The summed E-state index contributed by atoms with van der Waals surface area (Å²) in [5.41, 5.74) is 8.61. The summed E-state index contributed by atoms with van der Waals surface area (Å²) in [5, 5.41) is 0. The summed E-state index contributed by atoms with van der Waals surface area (Å²) in [7, 11) is 0. The fourth-order valence-electron chi connectivity index (χ4n) is 5.09. The number of carbonyl (C=O) groups excluding carboxylic acids is 1. The van der Waals surface area contributed by atoms with Gasteiger partial charge in [0.15, 0.2) is 0 Å². The van der Waals surface area contributed by atoms with E-state index >= 15 is 0 Å². The van der Waals surface area contributed by atoms with Gasteiger partial charge in [0.2, 0.25) is 5.91 Å². The van der Waals surface area contributed by atoms with Crippen molar-refractivity contribution in [2.75, 3.05) is 6.54 Å². The highest BCUT2D eigenvalue weighted by molar-refractivity contribution is 5.79. The normalized spacial score (nSPS) is 16.0. The molecular weight excluding hydrogens is 408 g/mol. The molecule has 0 unspecified atom stereocenters. The van der Waals surface area contributed by atoms with Crippen molar-refractivity contribution < 1.29 is 4.79 Å². The molecule has 0 aliphatic carbocycles. The van der Waals surface area contributed by atoms with Gasteiger partial charge in [0.05, 0.1) is 29.5 Å². The number of rotatable bonds is 5. The number of hydrogen-bond donors (Lipinski definition) is 0. The van der Waals surface area contributed by atoms with Gasteiger partial charge in [-0.2, -0.15) is 0 Å². The zero-order valence-corrected chi connectivity index (χ0v) is 19.6. The topological polar surface area (TPSA) is 50.5 Å². The highest BCUT2D eigenvalue weighted by atomic mass is 16.2. The summed E-state index contributed by atoms with van der Waals surface area (Å²) in [6.45, 7) is 6.94. The van der Waals surface area contributed by atoms with E-state index in [4.69, 9.17) is 4.98 Å². The molecule has 1 aliphatic heterocycles. The minimum atomic E-state index is 0.0353. The third-order valence-electron chi connectivity index (χ3n) is 6.59. The fourth-order valence-corrected chi connectivity index (χ4v) is 5.09. The maximum absolute atomic E-state index is 13.4. The van der Waals surface area contributed by atoms with Gasteiger partial charge in [-0.25, -0.2) is 4.98 Å². The molecule has 1 aliphatic rings. The lowest BCUT2D eigenvalue weighted by atomic mass is 10.0. The molecule has 1 fully saturated rings. The lowest BCUT2D eigenvalue weighted by Crippen LogP contribution is -2.32. The van der Waals surface area contributed by atoms with Crippen LogP contribution in [0.15, 0.2) is 60.8 Å². The molecule has 1 saturated heterocycles.